The fourth-order valence-electron chi connectivity index (χ4n) is 1.41. The SMILES string of the molecule is Oc1ccc(-c2cc(F)c(F)c(F)c2)cc1Cl. The number of halogens is 4. The van der Waals surface area contributed by atoms with Gasteiger partial charge in [0.05, 0.1) is 5.02 Å². The van der Waals surface area contributed by atoms with Gasteiger partial charge in [0.25, 0.3) is 0 Å². The lowest BCUT2D eigenvalue weighted by atomic mass is 10.1. The van der Waals surface area contributed by atoms with Gasteiger partial charge in [0.2, 0.25) is 0 Å². The number of benzene rings is 2. The topological polar surface area (TPSA) is 20.2 Å². The van der Waals surface area contributed by atoms with E-state index in [4.69, 9.17) is 11.6 Å². The van der Waals surface area contributed by atoms with E-state index in [2.05, 4.69) is 0 Å². The van der Waals surface area contributed by atoms with Crippen LogP contribution in [-0.4, -0.2) is 5.11 Å². The van der Waals surface area contributed by atoms with Crippen LogP contribution in [0.1, 0.15) is 0 Å². The van der Waals surface area contributed by atoms with Crippen LogP contribution >= 0.6 is 11.6 Å². The minimum atomic E-state index is -1.52. The Morgan fingerprint density at radius 1 is 0.882 bits per heavy atom. The van der Waals surface area contributed by atoms with Crippen molar-refractivity contribution in [2.24, 2.45) is 0 Å². The first-order chi connectivity index (χ1) is 7.99. The standard InChI is InChI=1S/C12H6ClF3O/c13-8-3-6(1-2-11(8)17)7-4-9(14)12(16)10(15)5-7/h1-5,17H. The number of rotatable bonds is 1. The summed E-state index contributed by atoms with van der Waals surface area (Å²) in [5.41, 5.74) is 0.522. The summed E-state index contributed by atoms with van der Waals surface area (Å²) in [5, 5.41) is 9.25. The zero-order valence-electron chi connectivity index (χ0n) is 8.35. The van der Waals surface area contributed by atoms with E-state index in [1.165, 1.54) is 18.2 Å². The van der Waals surface area contributed by atoms with E-state index < -0.39 is 17.5 Å². The molecular formula is C12H6ClF3O. The molecule has 2 aromatic carbocycles. The van der Waals surface area contributed by atoms with Gasteiger partial charge in [0.15, 0.2) is 17.5 Å². The molecule has 0 saturated carbocycles. The Morgan fingerprint density at radius 3 is 2.00 bits per heavy atom. The fourth-order valence-corrected chi connectivity index (χ4v) is 1.59. The van der Waals surface area contributed by atoms with E-state index in [1.807, 2.05) is 0 Å². The number of phenolic OH excluding ortho intramolecular Hbond substituents is 1. The third-order valence-electron chi connectivity index (χ3n) is 2.26. The normalized spacial score (nSPS) is 10.6. The van der Waals surface area contributed by atoms with Crippen molar-refractivity contribution in [3.8, 4) is 16.9 Å². The molecule has 2 aromatic rings. The van der Waals surface area contributed by atoms with Crippen molar-refractivity contribution in [3.63, 3.8) is 0 Å². The van der Waals surface area contributed by atoms with E-state index in [9.17, 15) is 18.3 Å². The van der Waals surface area contributed by atoms with Gasteiger partial charge in [-0.25, -0.2) is 13.2 Å². The molecule has 0 aliphatic rings. The highest BCUT2D eigenvalue weighted by molar-refractivity contribution is 6.32. The summed E-state index contributed by atoms with van der Waals surface area (Å²) in [4.78, 5) is 0. The van der Waals surface area contributed by atoms with Gasteiger partial charge < -0.3 is 5.11 Å². The molecule has 88 valence electrons. The van der Waals surface area contributed by atoms with Crippen molar-refractivity contribution < 1.29 is 18.3 Å². The van der Waals surface area contributed by atoms with E-state index in [0.29, 0.717) is 5.56 Å². The predicted molar refractivity (Wildman–Crippen MR) is 58.4 cm³/mol. The van der Waals surface area contributed by atoms with E-state index in [1.54, 1.807) is 0 Å². The molecule has 0 amide bonds. The first kappa shape index (κ1) is 11.8. The lowest BCUT2D eigenvalue weighted by molar-refractivity contribution is 0.447. The minimum absolute atomic E-state index is 0.0487. The lowest BCUT2D eigenvalue weighted by Crippen LogP contribution is -1.91. The molecule has 1 nitrogen and oxygen atoms in total. The van der Waals surface area contributed by atoms with Gasteiger partial charge in [0.1, 0.15) is 5.75 Å². The highest BCUT2D eigenvalue weighted by Crippen LogP contribution is 2.30. The van der Waals surface area contributed by atoms with E-state index in [0.717, 1.165) is 12.1 Å². The van der Waals surface area contributed by atoms with Crippen LogP contribution in [0, 0.1) is 17.5 Å². The van der Waals surface area contributed by atoms with E-state index >= 15 is 0 Å². The molecule has 0 aliphatic carbocycles. The largest absolute Gasteiger partial charge is 0.506 e. The maximum Gasteiger partial charge on any atom is 0.194 e. The third-order valence-corrected chi connectivity index (χ3v) is 2.57. The summed E-state index contributed by atoms with van der Waals surface area (Å²) in [6.07, 6.45) is 0. The Bertz CT molecular complexity index is 561. The van der Waals surface area contributed by atoms with Crippen LogP contribution in [0.3, 0.4) is 0 Å². The van der Waals surface area contributed by atoms with Crippen molar-refractivity contribution >= 4 is 11.6 Å². The first-order valence-corrected chi connectivity index (χ1v) is 5.00. The summed E-state index contributed by atoms with van der Waals surface area (Å²) in [6, 6.07) is 5.77. The Balaban J connectivity index is 2.57. The molecular weight excluding hydrogens is 253 g/mol. The Kier molecular flexibility index (Phi) is 2.98. The van der Waals surface area contributed by atoms with Crippen molar-refractivity contribution in [2.45, 2.75) is 0 Å². The molecule has 0 aromatic heterocycles. The molecule has 0 spiro atoms. The average Bonchev–Trinajstić information content (AvgIpc) is 2.29. The van der Waals surface area contributed by atoms with Crippen LogP contribution in [0.15, 0.2) is 30.3 Å². The summed E-state index contributed by atoms with van der Waals surface area (Å²) >= 11 is 5.66. The van der Waals surface area contributed by atoms with Gasteiger partial charge in [-0.3, -0.25) is 0 Å². The highest BCUT2D eigenvalue weighted by Gasteiger charge is 2.12. The molecule has 0 fully saturated rings. The van der Waals surface area contributed by atoms with Gasteiger partial charge in [-0.15, -0.1) is 0 Å². The van der Waals surface area contributed by atoms with Crippen molar-refractivity contribution in [1.82, 2.24) is 0 Å². The van der Waals surface area contributed by atoms with Crippen LogP contribution in [0.4, 0.5) is 13.2 Å². The van der Waals surface area contributed by atoms with Gasteiger partial charge in [0, 0.05) is 0 Å². The quantitative estimate of drug-likeness (QED) is 0.763. The highest BCUT2D eigenvalue weighted by atomic mass is 35.5. The van der Waals surface area contributed by atoms with Gasteiger partial charge in [-0.2, -0.15) is 0 Å². The average molecular weight is 259 g/mol. The molecule has 17 heavy (non-hydrogen) atoms. The minimum Gasteiger partial charge on any atom is -0.506 e. The summed E-state index contributed by atoms with van der Waals surface area (Å²) < 4.78 is 38.8. The van der Waals surface area contributed by atoms with Crippen molar-refractivity contribution in [1.29, 1.82) is 0 Å². The summed E-state index contributed by atoms with van der Waals surface area (Å²) in [5.74, 6) is -4.20. The smallest absolute Gasteiger partial charge is 0.194 e. The third kappa shape index (κ3) is 2.22. The maximum absolute atomic E-state index is 13.0. The van der Waals surface area contributed by atoms with Crippen molar-refractivity contribution in [2.75, 3.05) is 0 Å². The molecule has 0 atom stereocenters. The van der Waals surface area contributed by atoms with Crippen molar-refractivity contribution in [3.05, 3.63) is 52.8 Å². The van der Waals surface area contributed by atoms with Gasteiger partial charge >= 0.3 is 0 Å². The Labute approximate surface area is 100 Å². The van der Waals surface area contributed by atoms with Crippen LogP contribution in [-0.2, 0) is 0 Å². The van der Waals surface area contributed by atoms with Crippen LogP contribution in [0.25, 0.3) is 11.1 Å². The molecule has 0 heterocycles. The first-order valence-electron chi connectivity index (χ1n) is 4.62. The van der Waals surface area contributed by atoms with Gasteiger partial charge in [-0.1, -0.05) is 17.7 Å². The number of hydrogen-bond acceptors (Lipinski definition) is 1. The molecule has 0 bridgehead atoms. The molecule has 1 N–H and O–H groups in total. The molecule has 0 unspecified atom stereocenters. The molecule has 2 rings (SSSR count). The lowest BCUT2D eigenvalue weighted by Gasteiger charge is -2.05. The fraction of sp³-hybridized carbons (Fsp3) is 0. The second-order valence-corrected chi connectivity index (χ2v) is 3.83. The molecule has 0 aliphatic heterocycles. The zero-order valence-corrected chi connectivity index (χ0v) is 9.10. The monoisotopic (exact) mass is 258 g/mol. The molecule has 0 saturated heterocycles. The predicted octanol–water partition coefficient (Wildman–Crippen LogP) is 4.13. The number of aromatic hydroxyl groups is 1. The van der Waals surface area contributed by atoms with Crippen LogP contribution in [0.5, 0.6) is 5.75 Å². The van der Waals surface area contributed by atoms with Crippen LogP contribution in [0.2, 0.25) is 5.02 Å². The molecule has 5 heteroatoms. The second kappa shape index (κ2) is 4.30. The van der Waals surface area contributed by atoms with E-state index in [-0.39, 0.29) is 16.3 Å². The Morgan fingerprint density at radius 2 is 1.47 bits per heavy atom. The Hall–Kier alpha value is -1.68. The van der Waals surface area contributed by atoms with Crippen LogP contribution < -0.4 is 0 Å². The van der Waals surface area contributed by atoms with Gasteiger partial charge in [-0.05, 0) is 35.4 Å². The number of hydrogen-bond donors (Lipinski definition) is 1. The summed E-state index contributed by atoms with van der Waals surface area (Å²) in [6.45, 7) is 0. The number of phenols is 1. The molecule has 0 radical (unpaired) electrons. The zero-order chi connectivity index (χ0) is 12.6. The second-order valence-electron chi connectivity index (χ2n) is 3.42. The summed E-state index contributed by atoms with van der Waals surface area (Å²) in [7, 11) is 0. The maximum atomic E-state index is 13.0.